The van der Waals surface area contributed by atoms with Crippen LogP contribution in [0.2, 0.25) is 0 Å². The summed E-state index contributed by atoms with van der Waals surface area (Å²) in [4.78, 5) is 14.6. The first-order valence-corrected chi connectivity index (χ1v) is 6.36. The number of carboxylic acids is 1. The van der Waals surface area contributed by atoms with Crippen molar-refractivity contribution in [2.24, 2.45) is 11.8 Å². The molecule has 0 aliphatic heterocycles. The minimum absolute atomic E-state index is 0.0384. The van der Waals surface area contributed by atoms with Crippen LogP contribution in [0.3, 0.4) is 0 Å². The number of pyridine rings is 1. The fourth-order valence-electron chi connectivity index (χ4n) is 2.58. The number of hydrogen-bond donors (Lipinski definition) is 3. The molecule has 0 radical (unpaired) electrons. The zero-order chi connectivity index (χ0) is 13.8. The molecule has 0 saturated heterocycles. The molecule has 1 aliphatic rings. The highest BCUT2D eigenvalue weighted by molar-refractivity contribution is 5.88. The van der Waals surface area contributed by atoms with Gasteiger partial charge in [-0.05, 0) is 30.7 Å². The Morgan fingerprint density at radius 3 is 2.89 bits per heavy atom. The standard InChI is InChI=1S/C13H17FN2O3/c14-11-10(13(18)19)4-5-15-12(11)16-6-8-2-1-3-9(8)7-17/h4-5,8-9,17H,1-3,6-7H2,(H,15,16)(H,18,19). The van der Waals surface area contributed by atoms with Crippen LogP contribution in [0.5, 0.6) is 0 Å². The molecule has 2 rings (SSSR count). The van der Waals surface area contributed by atoms with E-state index >= 15 is 0 Å². The highest BCUT2D eigenvalue weighted by Crippen LogP contribution is 2.31. The number of halogens is 1. The Balaban J connectivity index is 2.03. The fraction of sp³-hybridized carbons (Fsp3) is 0.538. The molecule has 1 fully saturated rings. The smallest absolute Gasteiger partial charge is 0.338 e. The van der Waals surface area contributed by atoms with Crippen LogP contribution >= 0.6 is 0 Å². The maximum atomic E-state index is 13.8. The van der Waals surface area contributed by atoms with E-state index in [1.807, 2.05) is 0 Å². The molecule has 2 unspecified atom stereocenters. The maximum absolute atomic E-state index is 13.8. The molecule has 1 aromatic heterocycles. The number of aliphatic hydroxyl groups is 1. The number of rotatable bonds is 5. The van der Waals surface area contributed by atoms with Crippen LogP contribution in [-0.4, -0.2) is 34.3 Å². The maximum Gasteiger partial charge on any atom is 0.338 e. The van der Waals surface area contributed by atoms with Crippen molar-refractivity contribution in [2.45, 2.75) is 19.3 Å². The Labute approximate surface area is 110 Å². The third-order valence-electron chi connectivity index (χ3n) is 3.70. The summed E-state index contributed by atoms with van der Waals surface area (Å²) in [6, 6.07) is 1.13. The Morgan fingerprint density at radius 1 is 1.47 bits per heavy atom. The van der Waals surface area contributed by atoms with E-state index in [2.05, 4.69) is 10.3 Å². The van der Waals surface area contributed by atoms with Crippen molar-refractivity contribution in [3.63, 3.8) is 0 Å². The van der Waals surface area contributed by atoms with Crippen molar-refractivity contribution in [1.82, 2.24) is 4.98 Å². The number of nitrogens with zero attached hydrogens (tertiary/aromatic N) is 1. The quantitative estimate of drug-likeness (QED) is 0.757. The van der Waals surface area contributed by atoms with Crippen LogP contribution in [0.15, 0.2) is 12.3 Å². The average Bonchev–Trinajstić information content (AvgIpc) is 2.84. The van der Waals surface area contributed by atoms with Gasteiger partial charge in [-0.3, -0.25) is 0 Å². The fourth-order valence-corrected chi connectivity index (χ4v) is 2.58. The molecular formula is C13H17FN2O3. The molecule has 2 atom stereocenters. The third-order valence-corrected chi connectivity index (χ3v) is 3.70. The minimum atomic E-state index is -1.31. The summed E-state index contributed by atoms with van der Waals surface area (Å²) in [7, 11) is 0. The van der Waals surface area contributed by atoms with E-state index in [1.54, 1.807) is 0 Å². The van der Waals surface area contributed by atoms with E-state index in [0.29, 0.717) is 6.54 Å². The highest BCUT2D eigenvalue weighted by atomic mass is 19.1. The third kappa shape index (κ3) is 3.01. The molecule has 104 valence electrons. The first kappa shape index (κ1) is 13.7. The number of aromatic nitrogens is 1. The largest absolute Gasteiger partial charge is 0.478 e. The summed E-state index contributed by atoms with van der Waals surface area (Å²) in [6.07, 6.45) is 4.29. The van der Waals surface area contributed by atoms with Crippen LogP contribution in [0.1, 0.15) is 29.6 Å². The van der Waals surface area contributed by atoms with Crippen LogP contribution in [-0.2, 0) is 0 Å². The normalized spacial score (nSPS) is 22.4. The van der Waals surface area contributed by atoms with Crippen molar-refractivity contribution >= 4 is 11.8 Å². The van der Waals surface area contributed by atoms with E-state index in [1.165, 1.54) is 6.20 Å². The number of aromatic carboxylic acids is 1. The van der Waals surface area contributed by atoms with Gasteiger partial charge in [0.2, 0.25) is 0 Å². The average molecular weight is 268 g/mol. The first-order chi connectivity index (χ1) is 9.13. The van der Waals surface area contributed by atoms with Gasteiger partial charge in [0, 0.05) is 19.3 Å². The van der Waals surface area contributed by atoms with Gasteiger partial charge in [-0.2, -0.15) is 0 Å². The Morgan fingerprint density at radius 2 is 2.21 bits per heavy atom. The SMILES string of the molecule is O=C(O)c1ccnc(NCC2CCCC2CO)c1F. The number of carbonyl (C=O) groups is 1. The number of nitrogens with one attached hydrogen (secondary N) is 1. The summed E-state index contributed by atoms with van der Waals surface area (Å²) in [5.41, 5.74) is -0.386. The van der Waals surface area contributed by atoms with E-state index in [9.17, 15) is 14.3 Å². The van der Waals surface area contributed by atoms with Gasteiger partial charge in [-0.1, -0.05) is 6.42 Å². The van der Waals surface area contributed by atoms with Crippen LogP contribution in [0, 0.1) is 17.7 Å². The number of carboxylic acid groups (broad SMARTS) is 1. The Bertz CT molecular complexity index is 467. The number of aliphatic hydroxyl groups excluding tert-OH is 1. The molecule has 0 bridgehead atoms. The molecule has 5 nitrogen and oxygen atoms in total. The second-order valence-corrected chi connectivity index (χ2v) is 4.84. The van der Waals surface area contributed by atoms with Gasteiger partial charge in [0.05, 0.1) is 0 Å². The molecule has 1 aromatic rings. The molecule has 3 N–H and O–H groups in total. The summed E-state index contributed by atoms with van der Waals surface area (Å²) in [5, 5.41) is 20.9. The summed E-state index contributed by atoms with van der Waals surface area (Å²) < 4.78 is 13.8. The van der Waals surface area contributed by atoms with Gasteiger partial charge in [0.15, 0.2) is 11.6 Å². The van der Waals surface area contributed by atoms with Gasteiger partial charge in [-0.25, -0.2) is 14.2 Å². The lowest BCUT2D eigenvalue weighted by Crippen LogP contribution is -2.22. The van der Waals surface area contributed by atoms with Crippen molar-refractivity contribution in [3.05, 3.63) is 23.6 Å². The summed E-state index contributed by atoms with van der Waals surface area (Å²) >= 11 is 0. The van der Waals surface area contributed by atoms with E-state index in [-0.39, 0.29) is 29.8 Å². The predicted molar refractivity (Wildman–Crippen MR) is 67.6 cm³/mol. The topological polar surface area (TPSA) is 82.5 Å². The Hall–Kier alpha value is -1.69. The van der Waals surface area contributed by atoms with Gasteiger partial charge in [0.25, 0.3) is 0 Å². The summed E-state index contributed by atoms with van der Waals surface area (Å²) in [6.45, 7) is 0.635. The lowest BCUT2D eigenvalue weighted by atomic mass is 9.97. The number of anilines is 1. The molecule has 1 aliphatic carbocycles. The van der Waals surface area contributed by atoms with Gasteiger partial charge in [-0.15, -0.1) is 0 Å². The van der Waals surface area contributed by atoms with E-state index < -0.39 is 11.8 Å². The van der Waals surface area contributed by atoms with E-state index in [0.717, 1.165) is 25.3 Å². The van der Waals surface area contributed by atoms with Crippen molar-refractivity contribution in [1.29, 1.82) is 0 Å². The van der Waals surface area contributed by atoms with Crippen LogP contribution in [0.25, 0.3) is 0 Å². The first-order valence-electron chi connectivity index (χ1n) is 6.36. The molecule has 6 heteroatoms. The molecule has 0 amide bonds. The molecule has 19 heavy (non-hydrogen) atoms. The molecule has 1 saturated carbocycles. The zero-order valence-electron chi connectivity index (χ0n) is 10.5. The molecular weight excluding hydrogens is 251 g/mol. The van der Waals surface area contributed by atoms with Crippen LogP contribution in [0.4, 0.5) is 10.2 Å². The lowest BCUT2D eigenvalue weighted by Gasteiger charge is -2.18. The summed E-state index contributed by atoms with van der Waals surface area (Å²) in [5.74, 6) is -1.67. The van der Waals surface area contributed by atoms with Crippen molar-refractivity contribution < 1.29 is 19.4 Å². The van der Waals surface area contributed by atoms with Crippen LogP contribution < -0.4 is 5.32 Å². The van der Waals surface area contributed by atoms with Gasteiger partial charge in [0.1, 0.15) is 5.56 Å². The second-order valence-electron chi connectivity index (χ2n) is 4.84. The second kappa shape index (κ2) is 5.97. The monoisotopic (exact) mass is 268 g/mol. The van der Waals surface area contributed by atoms with Crippen molar-refractivity contribution in [3.8, 4) is 0 Å². The van der Waals surface area contributed by atoms with Gasteiger partial charge < -0.3 is 15.5 Å². The van der Waals surface area contributed by atoms with E-state index in [4.69, 9.17) is 5.11 Å². The molecule has 1 heterocycles. The highest BCUT2D eigenvalue weighted by Gasteiger charge is 2.26. The zero-order valence-corrected chi connectivity index (χ0v) is 10.5. The lowest BCUT2D eigenvalue weighted by molar-refractivity contribution is 0.0692. The molecule has 0 spiro atoms. The Kier molecular flexibility index (Phi) is 4.31. The predicted octanol–water partition coefficient (Wildman–Crippen LogP) is 1.74. The minimum Gasteiger partial charge on any atom is -0.478 e. The van der Waals surface area contributed by atoms with Gasteiger partial charge >= 0.3 is 5.97 Å². The number of hydrogen-bond acceptors (Lipinski definition) is 4. The molecule has 0 aromatic carbocycles. The van der Waals surface area contributed by atoms with Crippen molar-refractivity contribution in [2.75, 3.05) is 18.5 Å².